The highest BCUT2D eigenvalue weighted by Crippen LogP contribution is 2.18. The number of anilines is 1. The van der Waals surface area contributed by atoms with E-state index in [1.165, 1.54) is 4.68 Å². The average molecular weight is 268 g/mol. The van der Waals surface area contributed by atoms with E-state index >= 15 is 0 Å². The van der Waals surface area contributed by atoms with Crippen LogP contribution >= 0.6 is 12.2 Å². The molecule has 0 radical (unpaired) electrons. The summed E-state index contributed by atoms with van der Waals surface area (Å²) >= 11 is 4.76. The van der Waals surface area contributed by atoms with Gasteiger partial charge in [-0.15, -0.1) is 0 Å². The zero-order valence-corrected chi connectivity index (χ0v) is 11.0. The van der Waals surface area contributed by atoms with Crippen LogP contribution in [0.5, 0.6) is 0 Å². The number of hydrogen-bond acceptors (Lipinski definition) is 5. The van der Waals surface area contributed by atoms with Crippen LogP contribution in [0.3, 0.4) is 0 Å². The van der Waals surface area contributed by atoms with Crippen molar-refractivity contribution < 1.29 is 4.74 Å². The van der Waals surface area contributed by atoms with Gasteiger partial charge in [0.2, 0.25) is 0 Å². The highest BCUT2D eigenvalue weighted by Gasteiger charge is 2.22. The number of aromatic nitrogens is 2. The van der Waals surface area contributed by atoms with E-state index in [4.69, 9.17) is 22.7 Å². The number of ether oxygens (including phenoxy) is 1. The third-order valence-corrected chi connectivity index (χ3v) is 3.13. The quantitative estimate of drug-likeness (QED) is 0.759. The summed E-state index contributed by atoms with van der Waals surface area (Å²) in [5.41, 5.74) is 6.02. The van der Waals surface area contributed by atoms with Gasteiger partial charge in [-0.2, -0.15) is 5.10 Å². The first-order valence-electron chi connectivity index (χ1n) is 5.73. The van der Waals surface area contributed by atoms with Crippen molar-refractivity contribution in [1.29, 1.82) is 0 Å². The number of rotatable bonds is 4. The fourth-order valence-electron chi connectivity index (χ4n) is 2.02. The summed E-state index contributed by atoms with van der Waals surface area (Å²) in [5, 5.41) is 4.07. The van der Waals surface area contributed by atoms with E-state index in [2.05, 4.69) is 10.00 Å². The normalized spacial score (nSPS) is 19.2. The Bertz CT molecular complexity index is 502. The van der Waals surface area contributed by atoms with Crippen LogP contribution in [0.2, 0.25) is 0 Å². The van der Waals surface area contributed by atoms with E-state index < -0.39 is 0 Å². The lowest BCUT2D eigenvalue weighted by atomic mass is 10.3. The standard InChI is InChI=1S/C11H16N4O2S/c1-17-9-2-3-14(6-9)8-4-11(16)15(13-5-8)7-10(12)18/h4-5,9H,2-3,6-7H2,1H3,(H2,12,18). The van der Waals surface area contributed by atoms with Crippen molar-refractivity contribution in [2.75, 3.05) is 25.1 Å². The molecule has 98 valence electrons. The minimum absolute atomic E-state index is 0.176. The van der Waals surface area contributed by atoms with Gasteiger partial charge in [-0.05, 0) is 6.42 Å². The molecule has 2 N–H and O–H groups in total. The van der Waals surface area contributed by atoms with Gasteiger partial charge in [0.25, 0.3) is 5.56 Å². The molecule has 0 bridgehead atoms. The summed E-state index contributed by atoms with van der Waals surface area (Å²) in [6.07, 6.45) is 2.86. The Balaban J connectivity index is 2.14. The first kappa shape index (κ1) is 13.0. The average Bonchev–Trinajstić information content (AvgIpc) is 2.80. The predicted octanol–water partition coefficient (Wildman–Crippen LogP) is -0.245. The fraction of sp³-hybridized carbons (Fsp3) is 0.545. The molecule has 18 heavy (non-hydrogen) atoms. The second-order valence-electron chi connectivity index (χ2n) is 4.27. The van der Waals surface area contributed by atoms with Crippen molar-refractivity contribution in [2.45, 2.75) is 19.1 Å². The lowest BCUT2D eigenvalue weighted by Gasteiger charge is -2.17. The Morgan fingerprint density at radius 2 is 2.50 bits per heavy atom. The van der Waals surface area contributed by atoms with Crippen molar-refractivity contribution in [1.82, 2.24) is 9.78 Å². The zero-order chi connectivity index (χ0) is 13.1. The molecule has 0 spiro atoms. The number of nitrogens with two attached hydrogens (primary N) is 1. The molecule has 1 aromatic heterocycles. The first-order valence-corrected chi connectivity index (χ1v) is 6.14. The molecule has 7 heteroatoms. The molecule has 0 amide bonds. The maximum absolute atomic E-state index is 11.8. The fourth-order valence-corrected chi connectivity index (χ4v) is 2.14. The van der Waals surface area contributed by atoms with E-state index in [9.17, 15) is 4.79 Å². The molecule has 1 aromatic rings. The lowest BCUT2D eigenvalue weighted by Crippen LogP contribution is -2.30. The van der Waals surface area contributed by atoms with Crippen LogP contribution in [0, 0.1) is 0 Å². The van der Waals surface area contributed by atoms with Crippen molar-refractivity contribution in [3.8, 4) is 0 Å². The lowest BCUT2D eigenvalue weighted by molar-refractivity contribution is 0.121. The number of nitrogens with zero attached hydrogens (tertiary/aromatic N) is 3. The summed E-state index contributed by atoms with van der Waals surface area (Å²) in [6.45, 7) is 1.84. The van der Waals surface area contributed by atoms with E-state index in [-0.39, 0.29) is 23.2 Å². The van der Waals surface area contributed by atoms with Gasteiger partial charge < -0.3 is 15.4 Å². The Kier molecular flexibility index (Phi) is 3.93. The van der Waals surface area contributed by atoms with Gasteiger partial charge in [-0.25, -0.2) is 4.68 Å². The van der Waals surface area contributed by atoms with Crippen molar-refractivity contribution in [3.05, 3.63) is 22.6 Å². The van der Waals surface area contributed by atoms with Crippen LogP contribution in [0.4, 0.5) is 5.69 Å². The minimum atomic E-state index is -0.193. The highest BCUT2D eigenvalue weighted by molar-refractivity contribution is 7.80. The zero-order valence-electron chi connectivity index (χ0n) is 10.2. The van der Waals surface area contributed by atoms with Crippen LogP contribution in [-0.4, -0.2) is 41.1 Å². The molecule has 6 nitrogen and oxygen atoms in total. The van der Waals surface area contributed by atoms with Crippen LogP contribution in [0.15, 0.2) is 17.1 Å². The largest absolute Gasteiger partial charge is 0.392 e. The molecule has 0 aliphatic carbocycles. The topological polar surface area (TPSA) is 73.4 Å². The number of hydrogen-bond donors (Lipinski definition) is 1. The summed E-state index contributed by atoms with van der Waals surface area (Å²) < 4.78 is 6.55. The smallest absolute Gasteiger partial charge is 0.269 e. The van der Waals surface area contributed by atoms with Gasteiger partial charge in [-0.1, -0.05) is 12.2 Å². The molecule has 1 atom stereocenters. The van der Waals surface area contributed by atoms with Gasteiger partial charge in [0, 0.05) is 26.3 Å². The van der Waals surface area contributed by atoms with Crippen LogP contribution in [-0.2, 0) is 11.3 Å². The Labute approximate surface area is 110 Å². The van der Waals surface area contributed by atoms with E-state index in [1.807, 2.05) is 0 Å². The second kappa shape index (κ2) is 5.45. The van der Waals surface area contributed by atoms with Gasteiger partial charge >= 0.3 is 0 Å². The van der Waals surface area contributed by atoms with Crippen molar-refractivity contribution in [2.24, 2.45) is 5.73 Å². The molecule has 0 saturated carbocycles. The molecular formula is C11H16N4O2S. The second-order valence-corrected chi connectivity index (χ2v) is 4.79. The molecule has 0 aromatic carbocycles. The molecule has 1 fully saturated rings. The van der Waals surface area contributed by atoms with Crippen LogP contribution < -0.4 is 16.2 Å². The highest BCUT2D eigenvalue weighted by atomic mass is 32.1. The number of methoxy groups -OCH3 is 1. The Morgan fingerprint density at radius 3 is 3.06 bits per heavy atom. The molecular weight excluding hydrogens is 252 g/mol. The third-order valence-electron chi connectivity index (χ3n) is 3.00. The molecule has 2 heterocycles. The maximum atomic E-state index is 11.8. The summed E-state index contributed by atoms with van der Waals surface area (Å²) in [4.78, 5) is 14.1. The van der Waals surface area contributed by atoms with Crippen molar-refractivity contribution >= 4 is 22.9 Å². The van der Waals surface area contributed by atoms with E-state index in [0.29, 0.717) is 0 Å². The molecule has 1 aliphatic rings. The SMILES string of the molecule is COC1CCN(c2cnn(CC(N)=S)c(=O)c2)C1. The summed E-state index contributed by atoms with van der Waals surface area (Å²) in [7, 11) is 1.70. The third kappa shape index (κ3) is 2.85. The van der Waals surface area contributed by atoms with Gasteiger partial charge in [0.05, 0.1) is 29.5 Å². The minimum Gasteiger partial charge on any atom is -0.392 e. The van der Waals surface area contributed by atoms with Gasteiger partial charge in [0.15, 0.2) is 0 Å². The predicted molar refractivity (Wildman–Crippen MR) is 72.9 cm³/mol. The molecule has 1 unspecified atom stereocenters. The summed E-state index contributed by atoms with van der Waals surface area (Å²) in [5.74, 6) is 0. The first-order chi connectivity index (χ1) is 8.60. The monoisotopic (exact) mass is 268 g/mol. The van der Waals surface area contributed by atoms with Crippen LogP contribution in [0.1, 0.15) is 6.42 Å². The maximum Gasteiger partial charge on any atom is 0.269 e. The van der Waals surface area contributed by atoms with Crippen molar-refractivity contribution in [3.63, 3.8) is 0 Å². The molecule has 1 saturated heterocycles. The number of thiocarbonyl (C=S) groups is 1. The molecule has 1 aliphatic heterocycles. The van der Waals surface area contributed by atoms with Crippen LogP contribution in [0.25, 0.3) is 0 Å². The summed E-state index contributed by atoms with van der Waals surface area (Å²) in [6, 6.07) is 1.56. The van der Waals surface area contributed by atoms with Gasteiger partial charge in [-0.3, -0.25) is 4.79 Å². The Morgan fingerprint density at radius 1 is 1.72 bits per heavy atom. The molecule has 2 rings (SSSR count). The van der Waals surface area contributed by atoms with Gasteiger partial charge in [0.1, 0.15) is 0 Å². The van der Waals surface area contributed by atoms with E-state index in [0.717, 1.165) is 25.2 Å². The Hall–Kier alpha value is -1.47. The van der Waals surface area contributed by atoms with E-state index in [1.54, 1.807) is 19.4 Å².